The van der Waals surface area contributed by atoms with Crippen LogP contribution in [0.4, 0.5) is 0 Å². The second-order valence-corrected chi connectivity index (χ2v) is 10.1. The Balaban J connectivity index is 1.59. The van der Waals surface area contributed by atoms with Gasteiger partial charge in [0.2, 0.25) is 0 Å². The molecule has 2 aromatic rings. The number of rotatable bonds is 21. The molecule has 2 nitrogen and oxygen atoms in total. The Morgan fingerprint density at radius 2 is 0.943 bits per heavy atom. The molecule has 196 valence electrons. The molecule has 0 radical (unpaired) electrons. The fourth-order valence-corrected chi connectivity index (χ4v) is 4.53. The van der Waals surface area contributed by atoms with E-state index in [1.807, 2.05) is 0 Å². The zero-order valence-corrected chi connectivity index (χ0v) is 23.0. The molecule has 0 aromatic heterocycles. The average molecular weight is 481 g/mol. The first-order valence-electron chi connectivity index (χ1n) is 14.7. The van der Waals surface area contributed by atoms with Crippen LogP contribution in [0.3, 0.4) is 0 Å². The summed E-state index contributed by atoms with van der Waals surface area (Å²) in [6.45, 7) is 8.35. The van der Waals surface area contributed by atoms with Gasteiger partial charge in [0.25, 0.3) is 0 Å². The fraction of sp³-hybridized carbons (Fsp3) is 0.636. The smallest absolute Gasteiger partial charge is 0.119 e. The summed E-state index contributed by atoms with van der Waals surface area (Å²) in [5.74, 6) is 0.975. The summed E-state index contributed by atoms with van der Waals surface area (Å²) in [6.07, 6.45) is 20.1. The van der Waals surface area contributed by atoms with Crippen LogP contribution >= 0.6 is 0 Å². The first-order valence-corrected chi connectivity index (χ1v) is 14.7. The molecule has 0 saturated heterocycles. The minimum Gasteiger partial charge on any atom is -0.494 e. The van der Waals surface area contributed by atoms with Gasteiger partial charge in [-0.05, 0) is 48.6 Å². The summed E-state index contributed by atoms with van der Waals surface area (Å²) in [5, 5.41) is 0. The average Bonchev–Trinajstić information content (AvgIpc) is 2.89. The van der Waals surface area contributed by atoms with Crippen molar-refractivity contribution in [1.82, 2.24) is 0 Å². The van der Waals surface area contributed by atoms with E-state index >= 15 is 0 Å². The Morgan fingerprint density at radius 3 is 1.49 bits per heavy atom. The highest BCUT2D eigenvalue weighted by Crippen LogP contribution is 2.25. The van der Waals surface area contributed by atoms with Crippen LogP contribution < -0.4 is 4.74 Å². The van der Waals surface area contributed by atoms with Gasteiger partial charge in [0.05, 0.1) is 12.7 Å². The number of hydrogen-bond acceptors (Lipinski definition) is 2. The molecule has 2 rings (SSSR count). The van der Waals surface area contributed by atoms with Crippen LogP contribution in [0, 0.1) is 0 Å². The molecule has 0 aliphatic carbocycles. The fourth-order valence-electron chi connectivity index (χ4n) is 4.53. The van der Waals surface area contributed by atoms with Crippen molar-refractivity contribution in [2.45, 2.75) is 123 Å². The molecule has 0 saturated carbocycles. The van der Waals surface area contributed by atoms with Gasteiger partial charge in [-0.2, -0.15) is 0 Å². The van der Waals surface area contributed by atoms with Gasteiger partial charge in [-0.25, -0.2) is 0 Å². The SMILES string of the molecule is CCCCCCCCCCCCCOc1ccc(-c2ccc(C(C)OCCCCCC)cc2)cc1. The van der Waals surface area contributed by atoms with Crippen molar-refractivity contribution in [3.63, 3.8) is 0 Å². The van der Waals surface area contributed by atoms with Gasteiger partial charge in [0.1, 0.15) is 5.75 Å². The molecule has 0 aliphatic heterocycles. The largest absolute Gasteiger partial charge is 0.494 e. The van der Waals surface area contributed by atoms with Crippen LogP contribution in [0.5, 0.6) is 5.75 Å². The van der Waals surface area contributed by atoms with Crippen molar-refractivity contribution >= 4 is 0 Å². The van der Waals surface area contributed by atoms with Crippen LogP contribution in [0.25, 0.3) is 11.1 Å². The van der Waals surface area contributed by atoms with E-state index in [2.05, 4.69) is 69.3 Å². The number of ether oxygens (including phenoxy) is 2. The molecule has 2 aromatic carbocycles. The Bertz CT molecular complexity index is 735. The number of benzene rings is 2. The van der Waals surface area contributed by atoms with Crippen LogP contribution in [0.1, 0.15) is 129 Å². The second kappa shape index (κ2) is 19.4. The minimum atomic E-state index is 0.150. The molecule has 0 heterocycles. The highest BCUT2D eigenvalue weighted by atomic mass is 16.5. The van der Waals surface area contributed by atoms with Crippen molar-refractivity contribution < 1.29 is 9.47 Å². The van der Waals surface area contributed by atoms with Gasteiger partial charge in [-0.3, -0.25) is 0 Å². The van der Waals surface area contributed by atoms with Gasteiger partial charge in [-0.1, -0.05) is 134 Å². The first-order chi connectivity index (χ1) is 17.2. The molecule has 35 heavy (non-hydrogen) atoms. The maximum Gasteiger partial charge on any atom is 0.119 e. The third-order valence-corrected chi connectivity index (χ3v) is 6.95. The maximum absolute atomic E-state index is 6.01. The summed E-state index contributed by atoms with van der Waals surface area (Å²) in [6, 6.07) is 17.3. The summed E-state index contributed by atoms with van der Waals surface area (Å²) < 4.78 is 12.0. The van der Waals surface area contributed by atoms with Crippen molar-refractivity contribution in [3.05, 3.63) is 54.1 Å². The van der Waals surface area contributed by atoms with Gasteiger partial charge in [0, 0.05) is 6.61 Å². The van der Waals surface area contributed by atoms with E-state index in [0.717, 1.165) is 31.8 Å². The second-order valence-electron chi connectivity index (χ2n) is 10.1. The van der Waals surface area contributed by atoms with Crippen LogP contribution in [0.2, 0.25) is 0 Å². The first kappa shape index (κ1) is 29.4. The van der Waals surface area contributed by atoms with Gasteiger partial charge in [-0.15, -0.1) is 0 Å². The molecule has 1 atom stereocenters. The van der Waals surface area contributed by atoms with Gasteiger partial charge < -0.3 is 9.47 Å². The molecule has 0 fully saturated rings. The molecule has 0 aliphatic rings. The summed E-state index contributed by atoms with van der Waals surface area (Å²) >= 11 is 0. The summed E-state index contributed by atoms with van der Waals surface area (Å²) in [4.78, 5) is 0. The zero-order valence-electron chi connectivity index (χ0n) is 23.0. The van der Waals surface area contributed by atoms with E-state index in [9.17, 15) is 0 Å². The Hall–Kier alpha value is -1.80. The normalized spacial score (nSPS) is 12.1. The molecule has 2 heteroatoms. The molecule has 1 unspecified atom stereocenters. The highest BCUT2D eigenvalue weighted by Gasteiger charge is 2.06. The summed E-state index contributed by atoms with van der Waals surface area (Å²) in [7, 11) is 0. The molecule has 0 bridgehead atoms. The molecule has 0 amide bonds. The Labute approximate surface area is 216 Å². The molecular formula is C33H52O2. The van der Waals surface area contributed by atoms with Crippen molar-refractivity contribution in [2.75, 3.05) is 13.2 Å². The van der Waals surface area contributed by atoms with E-state index in [1.54, 1.807) is 0 Å². The van der Waals surface area contributed by atoms with Crippen molar-refractivity contribution in [2.24, 2.45) is 0 Å². The predicted octanol–water partition coefficient (Wildman–Crippen LogP) is 10.7. The van der Waals surface area contributed by atoms with E-state index in [-0.39, 0.29) is 6.10 Å². The third kappa shape index (κ3) is 13.2. The van der Waals surface area contributed by atoms with Gasteiger partial charge >= 0.3 is 0 Å². The maximum atomic E-state index is 6.01. The zero-order chi connectivity index (χ0) is 25.0. The lowest BCUT2D eigenvalue weighted by molar-refractivity contribution is 0.0628. The van der Waals surface area contributed by atoms with Crippen molar-refractivity contribution in [1.29, 1.82) is 0 Å². The van der Waals surface area contributed by atoms with E-state index in [0.29, 0.717) is 0 Å². The van der Waals surface area contributed by atoms with Gasteiger partial charge in [0.15, 0.2) is 0 Å². The van der Waals surface area contributed by atoms with E-state index in [1.165, 1.54) is 100 Å². The third-order valence-electron chi connectivity index (χ3n) is 6.95. The predicted molar refractivity (Wildman–Crippen MR) is 152 cm³/mol. The number of hydrogen-bond donors (Lipinski definition) is 0. The highest BCUT2D eigenvalue weighted by molar-refractivity contribution is 5.64. The van der Waals surface area contributed by atoms with Crippen LogP contribution in [-0.2, 0) is 4.74 Å². The van der Waals surface area contributed by atoms with E-state index in [4.69, 9.17) is 9.47 Å². The molecule has 0 N–H and O–H groups in total. The quantitative estimate of drug-likeness (QED) is 0.165. The molecular weight excluding hydrogens is 428 g/mol. The number of unbranched alkanes of at least 4 members (excludes halogenated alkanes) is 13. The molecule has 0 spiro atoms. The lowest BCUT2D eigenvalue weighted by atomic mass is 10.0. The van der Waals surface area contributed by atoms with Crippen LogP contribution in [-0.4, -0.2) is 13.2 Å². The minimum absolute atomic E-state index is 0.150. The Morgan fingerprint density at radius 1 is 0.514 bits per heavy atom. The van der Waals surface area contributed by atoms with Crippen molar-refractivity contribution in [3.8, 4) is 16.9 Å². The van der Waals surface area contributed by atoms with Crippen LogP contribution in [0.15, 0.2) is 48.5 Å². The lowest BCUT2D eigenvalue weighted by Crippen LogP contribution is -2.01. The monoisotopic (exact) mass is 480 g/mol. The van der Waals surface area contributed by atoms with E-state index < -0.39 is 0 Å². The Kier molecular flexibility index (Phi) is 16.3. The lowest BCUT2D eigenvalue weighted by Gasteiger charge is -2.14. The summed E-state index contributed by atoms with van der Waals surface area (Å²) in [5.41, 5.74) is 3.71. The topological polar surface area (TPSA) is 18.5 Å². The standard InChI is InChI=1S/C33H52O2/c1-4-6-8-10-11-12-13-14-15-16-18-28-35-33-25-23-32(24-26-33)31-21-19-30(20-22-31)29(3)34-27-17-9-7-5-2/h19-26,29H,4-18,27-28H2,1-3H3.